The fraction of sp³-hybridized carbons (Fsp3) is 0.500. The fourth-order valence-electron chi connectivity index (χ4n) is 2.58. The van der Waals surface area contributed by atoms with Crippen LogP contribution < -0.4 is 4.74 Å². The average molecular weight is 268 g/mol. The van der Waals surface area contributed by atoms with Gasteiger partial charge in [0, 0.05) is 12.0 Å². The zero-order valence-corrected chi connectivity index (χ0v) is 10.9. The second-order valence-corrected chi connectivity index (χ2v) is 5.32. The van der Waals surface area contributed by atoms with Gasteiger partial charge in [0.2, 0.25) is 0 Å². The minimum Gasteiger partial charge on any atom is -0.487 e. The normalized spacial score (nSPS) is 29.5. The number of hydrogen-bond acceptors (Lipinski definition) is 3. The third-order valence-corrected chi connectivity index (χ3v) is 3.66. The quantitative estimate of drug-likeness (QED) is 0.883. The van der Waals surface area contributed by atoms with E-state index in [2.05, 4.69) is 0 Å². The van der Waals surface area contributed by atoms with Crippen LogP contribution in [0.4, 0.5) is 4.39 Å². The van der Waals surface area contributed by atoms with Crippen LogP contribution in [0.3, 0.4) is 0 Å². The molecule has 0 saturated heterocycles. The van der Waals surface area contributed by atoms with Gasteiger partial charge in [0.05, 0.1) is 6.42 Å². The SMILES string of the molecule is CC[C@]1(C)C[C@@](O)(CC(=O)O)c2cc(F)ccc2O1. The Morgan fingerprint density at radius 3 is 2.79 bits per heavy atom. The van der Waals surface area contributed by atoms with E-state index < -0.39 is 29.4 Å². The van der Waals surface area contributed by atoms with Crippen molar-refractivity contribution in [3.05, 3.63) is 29.6 Å². The minimum absolute atomic E-state index is 0.124. The van der Waals surface area contributed by atoms with Gasteiger partial charge in [-0.2, -0.15) is 0 Å². The number of carbonyl (C=O) groups is 1. The molecule has 1 aliphatic heterocycles. The van der Waals surface area contributed by atoms with Crippen LogP contribution >= 0.6 is 0 Å². The number of hydrogen-bond donors (Lipinski definition) is 2. The maximum atomic E-state index is 13.3. The molecule has 19 heavy (non-hydrogen) atoms. The number of carboxylic acids is 1. The molecule has 0 radical (unpaired) electrons. The first kappa shape index (κ1) is 13.8. The largest absolute Gasteiger partial charge is 0.487 e. The molecule has 1 aromatic carbocycles. The Labute approximate surface area is 110 Å². The predicted octanol–water partition coefficient (Wildman–Crippen LogP) is 2.44. The lowest BCUT2D eigenvalue weighted by Gasteiger charge is -2.43. The molecule has 0 amide bonds. The first-order chi connectivity index (χ1) is 8.78. The third kappa shape index (κ3) is 2.56. The summed E-state index contributed by atoms with van der Waals surface area (Å²) in [5, 5.41) is 19.6. The molecule has 1 aromatic rings. The molecule has 2 atom stereocenters. The molecule has 0 spiro atoms. The number of halogens is 1. The first-order valence-corrected chi connectivity index (χ1v) is 6.21. The van der Waals surface area contributed by atoms with Crippen molar-refractivity contribution >= 4 is 5.97 Å². The molecule has 0 aromatic heterocycles. The molecular weight excluding hydrogens is 251 g/mol. The van der Waals surface area contributed by atoms with E-state index in [1.165, 1.54) is 12.1 Å². The summed E-state index contributed by atoms with van der Waals surface area (Å²) in [4.78, 5) is 11.0. The molecule has 1 heterocycles. The van der Waals surface area contributed by atoms with Crippen molar-refractivity contribution in [1.82, 2.24) is 0 Å². The van der Waals surface area contributed by atoms with Gasteiger partial charge >= 0.3 is 5.97 Å². The van der Waals surface area contributed by atoms with Crippen molar-refractivity contribution in [1.29, 1.82) is 0 Å². The number of aliphatic hydroxyl groups is 1. The average Bonchev–Trinajstić information content (AvgIpc) is 2.29. The lowest BCUT2D eigenvalue weighted by Crippen LogP contribution is -2.47. The summed E-state index contributed by atoms with van der Waals surface area (Å²) in [6.07, 6.45) is 0.271. The van der Waals surface area contributed by atoms with Crippen molar-refractivity contribution in [2.75, 3.05) is 0 Å². The Kier molecular flexibility index (Phi) is 3.26. The minimum atomic E-state index is -1.60. The van der Waals surface area contributed by atoms with Crippen LogP contribution in [-0.2, 0) is 10.4 Å². The lowest BCUT2D eigenvalue weighted by molar-refractivity contribution is -0.147. The number of aliphatic carboxylic acids is 1. The summed E-state index contributed by atoms with van der Waals surface area (Å²) in [7, 11) is 0. The zero-order valence-electron chi connectivity index (χ0n) is 10.9. The lowest BCUT2D eigenvalue weighted by atomic mass is 9.77. The van der Waals surface area contributed by atoms with E-state index >= 15 is 0 Å². The number of fused-ring (bicyclic) bond motifs is 1. The highest BCUT2D eigenvalue weighted by Gasteiger charge is 2.46. The maximum absolute atomic E-state index is 13.3. The highest BCUT2D eigenvalue weighted by molar-refractivity contribution is 5.69. The van der Waals surface area contributed by atoms with Crippen molar-refractivity contribution in [2.45, 2.75) is 44.3 Å². The summed E-state index contributed by atoms with van der Waals surface area (Å²) in [6, 6.07) is 3.82. The molecule has 0 aliphatic carbocycles. The molecule has 0 unspecified atom stereocenters. The van der Waals surface area contributed by atoms with E-state index in [1.807, 2.05) is 13.8 Å². The molecule has 2 N–H and O–H groups in total. The fourth-order valence-corrected chi connectivity index (χ4v) is 2.58. The second kappa shape index (κ2) is 4.49. The van der Waals surface area contributed by atoms with Gasteiger partial charge < -0.3 is 14.9 Å². The second-order valence-electron chi connectivity index (χ2n) is 5.32. The Balaban J connectivity index is 2.53. The Morgan fingerprint density at radius 1 is 1.53 bits per heavy atom. The standard InChI is InChI=1S/C14H17FO4/c1-3-13(2)8-14(18,7-12(16)17)10-6-9(15)4-5-11(10)19-13/h4-6,18H,3,7-8H2,1-2H3,(H,16,17)/t13-,14+/m1/s1. The van der Waals surface area contributed by atoms with Crippen LogP contribution in [0.15, 0.2) is 18.2 Å². The summed E-state index contributed by atoms with van der Waals surface area (Å²) < 4.78 is 19.1. The first-order valence-electron chi connectivity index (χ1n) is 6.21. The molecule has 2 rings (SSSR count). The molecule has 0 fully saturated rings. The van der Waals surface area contributed by atoms with Gasteiger partial charge in [-0.1, -0.05) is 6.92 Å². The van der Waals surface area contributed by atoms with E-state index in [-0.39, 0.29) is 12.0 Å². The van der Waals surface area contributed by atoms with Crippen molar-refractivity contribution in [2.24, 2.45) is 0 Å². The predicted molar refractivity (Wildman–Crippen MR) is 66.5 cm³/mol. The van der Waals surface area contributed by atoms with Crippen molar-refractivity contribution < 1.29 is 24.1 Å². The molecule has 104 valence electrons. The van der Waals surface area contributed by atoms with Gasteiger partial charge in [-0.3, -0.25) is 4.79 Å². The van der Waals surface area contributed by atoms with Crippen LogP contribution in [-0.4, -0.2) is 21.8 Å². The number of ether oxygens (including phenoxy) is 1. The molecule has 4 nitrogen and oxygen atoms in total. The molecule has 0 bridgehead atoms. The molecule has 0 saturated carbocycles. The summed E-state index contributed by atoms with van der Waals surface area (Å²) in [6.45, 7) is 3.71. The molecular formula is C14H17FO4. The Bertz CT molecular complexity index is 516. The van der Waals surface area contributed by atoms with Gasteiger partial charge in [-0.05, 0) is 31.5 Å². The van der Waals surface area contributed by atoms with Gasteiger partial charge in [0.25, 0.3) is 0 Å². The smallest absolute Gasteiger partial charge is 0.306 e. The van der Waals surface area contributed by atoms with Crippen LogP contribution in [0.25, 0.3) is 0 Å². The van der Waals surface area contributed by atoms with Crippen LogP contribution in [0, 0.1) is 5.82 Å². The van der Waals surface area contributed by atoms with Gasteiger partial charge in [-0.15, -0.1) is 0 Å². The van der Waals surface area contributed by atoms with E-state index in [0.29, 0.717) is 12.2 Å². The Hall–Kier alpha value is -1.62. The van der Waals surface area contributed by atoms with Crippen molar-refractivity contribution in [3.63, 3.8) is 0 Å². The number of benzene rings is 1. The topological polar surface area (TPSA) is 66.8 Å². The maximum Gasteiger partial charge on any atom is 0.306 e. The van der Waals surface area contributed by atoms with Crippen LogP contribution in [0.5, 0.6) is 5.75 Å². The van der Waals surface area contributed by atoms with Gasteiger partial charge in [0.15, 0.2) is 0 Å². The summed E-state index contributed by atoms with van der Waals surface area (Å²) in [5.41, 5.74) is -2.05. The van der Waals surface area contributed by atoms with Crippen LogP contribution in [0.1, 0.15) is 38.7 Å². The van der Waals surface area contributed by atoms with Gasteiger partial charge in [0.1, 0.15) is 22.8 Å². The molecule has 1 aliphatic rings. The Morgan fingerprint density at radius 2 is 2.21 bits per heavy atom. The number of carboxylic acid groups (broad SMARTS) is 1. The summed E-state index contributed by atoms with van der Waals surface area (Å²) >= 11 is 0. The third-order valence-electron chi connectivity index (χ3n) is 3.66. The molecule has 5 heteroatoms. The zero-order chi connectivity index (χ0) is 14.3. The monoisotopic (exact) mass is 268 g/mol. The van der Waals surface area contributed by atoms with Crippen LogP contribution in [0.2, 0.25) is 0 Å². The van der Waals surface area contributed by atoms with E-state index in [9.17, 15) is 14.3 Å². The van der Waals surface area contributed by atoms with E-state index in [4.69, 9.17) is 9.84 Å². The highest BCUT2D eigenvalue weighted by Crippen LogP contribution is 2.46. The van der Waals surface area contributed by atoms with E-state index in [0.717, 1.165) is 6.07 Å². The highest BCUT2D eigenvalue weighted by atomic mass is 19.1. The summed E-state index contributed by atoms with van der Waals surface area (Å²) in [5.74, 6) is -1.30. The number of rotatable bonds is 3. The van der Waals surface area contributed by atoms with Gasteiger partial charge in [-0.25, -0.2) is 4.39 Å². The van der Waals surface area contributed by atoms with Crippen molar-refractivity contribution in [3.8, 4) is 5.75 Å². The van der Waals surface area contributed by atoms with E-state index in [1.54, 1.807) is 0 Å².